The summed E-state index contributed by atoms with van der Waals surface area (Å²) in [4.78, 5) is 5.00. The van der Waals surface area contributed by atoms with Crippen LogP contribution in [0.5, 0.6) is 0 Å². The van der Waals surface area contributed by atoms with Gasteiger partial charge in [-0.25, -0.2) is 4.98 Å². The topological polar surface area (TPSA) is 63.8 Å². The number of anilines is 1. The first-order chi connectivity index (χ1) is 13.4. The molecule has 5 rings (SSSR count). The van der Waals surface area contributed by atoms with Gasteiger partial charge >= 0.3 is 6.01 Å². The first-order valence-electron chi connectivity index (χ1n) is 10.4. The first-order valence-corrected chi connectivity index (χ1v) is 10.4. The van der Waals surface area contributed by atoms with Crippen LogP contribution in [0.15, 0.2) is 22.6 Å². The van der Waals surface area contributed by atoms with E-state index in [2.05, 4.69) is 61.4 Å². The van der Waals surface area contributed by atoms with Crippen LogP contribution < -0.4 is 5.32 Å². The number of aryl methyl sites for hydroxylation is 1. The van der Waals surface area contributed by atoms with E-state index in [1.807, 2.05) is 0 Å². The van der Waals surface area contributed by atoms with Crippen molar-refractivity contribution >= 4 is 16.9 Å². The molecule has 0 saturated heterocycles. The first kappa shape index (κ1) is 17.7. The minimum atomic E-state index is 0.0208. The Labute approximate surface area is 166 Å². The van der Waals surface area contributed by atoms with Crippen LogP contribution in [0.4, 0.5) is 6.01 Å². The average Bonchev–Trinajstić information content (AvgIpc) is 3.35. The van der Waals surface area contributed by atoms with Crippen molar-refractivity contribution in [3.63, 3.8) is 0 Å². The van der Waals surface area contributed by atoms with Gasteiger partial charge in [0.25, 0.3) is 5.89 Å². The summed E-state index contributed by atoms with van der Waals surface area (Å²) in [5, 5.41) is 13.0. The smallest absolute Gasteiger partial charge is 0.316 e. The second-order valence-electron chi connectivity index (χ2n) is 9.50. The molecule has 2 fully saturated rings. The summed E-state index contributed by atoms with van der Waals surface area (Å²) in [6, 6.07) is 7.75. The molecular weight excluding hydrogens is 348 g/mol. The Morgan fingerprint density at radius 3 is 2.46 bits per heavy atom. The maximum Gasteiger partial charge on any atom is 0.316 e. The van der Waals surface area contributed by atoms with Crippen LogP contribution in [-0.2, 0) is 5.41 Å². The van der Waals surface area contributed by atoms with Crippen molar-refractivity contribution < 1.29 is 4.42 Å². The third-order valence-corrected chi connectivity index (χ3v) is 6.08. The fourth-order valence-electron chi connectivity index (χ4n) is 3.96. The Kier molecular flexibility index (Phi) is 3.97. The number of nitrogens with one attached hydrogen (secondary N) is 1. The van der Waals surface area contributed by atoms with Crippen LogP contribution >= 0.6 is 0 Å². The fraction of sp³-hybridized carbons (Fsp3) is 0.522. The fourth-order valence-corrected chi connectivity index (χ4v) is 3.96. The SMILES string of the molecule is Cc1cc(-c2nnc(NC3CCC3)o2)nc2c(C(C)(C)C)cc(C3CC3)cc12. The lowest BCUT2D eigenvalue weighted by Gasteiger charge is -2.24. The second-order valence-corrected chi connectivity index (χ2v) is 9.50. The predicted molar refractivity (Wildman–Crippen MR) is 112 cm³/mol. The Balaban J connectivity index is 1.60. The molecule has 0 radical (unpaired) electrons. The molecule has 2 heterocycles. The van der Waals surface area contributed by atoms with E-state index in [0.717, 1.165) is 17.1 Å². The van der Waals surface area contributed by atoms with Crippen molar-refractivity contribution in [1.29, 1.82) is 0 Å². The number of benzene rings is 1. The normalized spacial score (nSPS) is 17.7. The number of rotatable bonds is 4. The van der Waals surface area contributed by atoms with Crippen molar-refractivity contribution in [1.82, 2.24) is 15.2 Å². The second kappa shape index (κ2) is 6.29. The quantitative estimate of drug-likeness (QED) is 0.630. The van der Waals surface area contributed by atoms with Gasteiger partial charge in [0.2, 0.25) is 0 Å². The van der Waals surface area contributed by atoms with Crippen molar-refractivity contribution in [3.05, 3.63) is 34.9 Å². The van der Waals surface area contributed by atoms with Gasteiger partial charge in [0.05, 0.1) is 5.52 Å². The van der Waals surface area contributed by atoms with Gasteiger partial charge in [-0.05, 0) is 79.2 Å². The molecule has 2 aliphatic rings. The molecule has 0 aliphatic heterocycles. The molecule has 5 heteroatoms. The summed E-state index contributed by atoms with van der Waals surface area (Å²) in [6.45, 7) is 8.93. The van der Waals surface area contributed by atoms with Crippen molar-refractivity contribution in [2.75, 3.05) is 5.32 Å². The number of hydrogen-bond donors (Lipinski definition) is 1. The summed E-state index contributed by atoms with van der Waals surface area (Å²) in [5.74, 6) is 1.21. The van der Waals surface area contributed by atoms with E-state index in [9.17, 15) is 0 Å². The lowest BCUT2D eigenvalue weighted by atomic mass is 9.83. The van der Waals surface area contributed by atoms with Gasteiger partial charge in [-0.3, -0.25) is 0 Å². The maximum atomic E-state index is 5.88. The van der Waals surface area contributed by atoms with Crippen molar-refractivity contribution in [2.24, 2.45) is 0 Å². The maximum absolute atomic E-state index is 5.88. The monoisotopic (exact) mass is 376 g/mol. The van der Waals surface area contributed by atoms with Crippen LogP contribution in [0.2, 0.25) is 0 Å². The van der Waals surface area contributed by atoms with E-state index in [1.165, 1.54) is 54.2 Å². The summed E-state index contributed by atoms with van der Waals surface area (Å²) in [7, 11) is 0. The highest BCUT2D eigenvalue weighted by atomic mass is 16.4. The number of hydrogen-bond acceptors (Lipinski definition) is 5. The molecule has 2 aromatic heterocycles. The Morgan fingerprint density at radius 1 is 1.04 bits per heavy atom. The van der Waals surface area contributed by atoms with Gasteiger partial charge in [0.1, 0.15) is 5.69 Å². The molecule has 1 aromatic carbocycles. The molecule has 0 atom stereocenters. The van der Waals surface area contributed by atoms with Gasteiger partial charge in [0, 0.05) is 11.4 Å². The van der Waals surface area contributed by atoms with Crippen LogP contribution in [0.3, 0.4) is 0 Å². The third-order valence-electron chi connectivity index (χ3n) is 6.08. The minimum Gasteiger partial charge on any atom is -0.402 e. The van der Waals surface area contributed by atoms with Crippen molar-refractivity contribution in [3.8, 4) is 11.6 Å². The molecule has 28 heavy (non-hydrogen) atoms. The summed E-state index contributed by atoms with van der Waals surface area (Å²) in [6.07, 6.45) is 6.21. The van der Waals surface area contributed by atoms with Gasteiger partial charge < -0.3 is 9.73 Å². The van der Waals surface area contributed by atoms with E-state index in [0.29, 0.717) is 17.9 Å². The Morgan fingerprint density at radius 2 is 1.82 bits per heavy atom. The Bertz CT molecular complexity index is 1040. The van der Waals surface area contributed by atoms with Crippen LogP contribution in [0.1, 0.15) is 75.5 Å². The molecule has 0 bridgehead atoms. The molecule has 5 nitrogen and oxygen atoms in total. The van der Waals surface area contributed by atoms with Crippen molar-refractivity contribution in [2.45, 2.75) is 77.2 Å². The zero-order valence-electron chi connectivity index (χ0n) is 17.2. The standard InChI is InChI=1S/C23H28N4O/c1-13-10-19(21-26-27-22(28-21)24-16-6-5-7-16)25-20-17(13)11-15(14-8-9-14)12-18(20)23(2,3)4/h10-12,14,16H,5-9H2,1-4H3,(H,24,27). The van der Waals surface area contributed by atoms with Crippen LogP contribution in [-0.4, -0.2) is 21.2 Å². The van der Waals surface area contributed by atoms with E-state index < -0.39 is 0 Å². The summed E-state index contributed by atoms with van der Waals surface area (Å²) in [5.41, 5.74) is 5.79. The molecule has 0 unspecified atom stereocenters. The zero-order valence-corrected chi connectivity index (χ0v) is 17.2. The molecule has 0 amide bonds. The van der Waals surface area contributed by atoms with E-state index in [-0.39, 0.29) is 5.41 Å². The van der Waals surface area contributed by atoms with E-state index in [1.54, 1.807) is 0 Å². The third kappa shape index (κ3) is 3.17. The largest absolute Gasteiger partial charge is 0.402 e. The average molecular weight is 377 g/mol. The molecular formula is C23H28N4O. The number of pyridine rings is 1. The zero-order chi connectivity index (χ0) is 19.5. The highest BCUT2D eigenvalue weighted by molar-refractivity contribution is 5.88. The molecule has 0 spiro atoms. The van der Waals surface area contributed by atoms with Crippen LogP contribution in [0.25, 0.3) is 22.5 Å². The number of nitrogens with zero attached hydrogens (tertiary/aromatic N) is 3. The van der Waals surface area contributed by atoms with Gasteiger partial charge in [-0.1, -0.05) is 31.9 Å². The molecule has 1 N–H and O–H groups in total. The molecule has 2 saturated carbocycles. The summed E-state index contributed by atoms with van der Waals surface area (Å²) < 4.78 is 5.88. The number of fused-ring (bicyclic) bond motifs is 1. The predicted octanol–water partition coefficient (Wildman–Crippen LogP) is 5.73. The van der Waals surface area contributed by atoms with E-state index in [4.69, 9.17) is 9.40 Å². The summed E-state index contributed by atoms with van der Waals surface area (Å²) >= 11 is 0. The highest BCUT2D eigenvalue weighted by Gasteiger charge is 2.28. The van der Waals surface area contributed by atoms with Gasteiger partial charge in [-0.15, -0.1) is 5.10 Å². The van der Waals surface area contributed by atoms with Crippen LogP contribution in [0, 0.1) is 6.92 Å². The highest BCUT2D eigenvalue weighted by Crippen LogP contribution is 2.44. The lowest BCUT2D eigenvalue weighted by molar-refractivity contribution is 0.430. The molecule has 3 aromatic rings. The van der Waals surface area contributed by atoms with E-state index >= 15 is 0 Å². The molecule has 2 aliphatic carbocycles. The lowest BCUT2D eigenvalue weighted by Crippen LogP contribution is -2.27. The molecule has 146 valence electrons. The Hall–Kier alpha value is -2.43. The number of aromatic nitrogens is 3. The minimum absolute atomic E-state index is 0.0208. The van der Waals surface area contributed by atoms with Gasteiger partial charge in [0.15, 0.2) is 0 Å². The van der Waals surface area contributed by atoms with Gasteiger partial charge in [-0.2, -0.15) is 0 Å².